The molecule has 0 spiro atoms. The molecule has 0 bridgehead atoms. The van der Waals surface area contributed by atoms with Crippen LogP contribution in [0, 0.1) is 11.6 Å². The van der Waals surface area contributed by atoms with Gasteiger partial charge in [0, 0.05) is 18.0 Å². The highest BCUT2D eigenvalue weighted by Gasteiger charge is 2.31. The van der Waals surface area contributed by atoms with Gasteiger partial charge in [0.1, 0.15) is 28.8 Å². The summed E-state index contributed by atoms with van der Waals surface area (Å²) in [5, 5.41) is 33.5. The number of pyridine rings is 1. The van der Waals surface area contributed by atoms with Crippen molar-refractivity contribution < 1.29 is 85.1 Å². The quantitative estimate of drug-likeness (QED) is 0.0224. The molecular formula is C35H31Cl2F5N5O13P. The first-order valence-corrected chi connectivity index (χ1v) is 18.8. The maximum atomic E-state index is 13.0. The van der Waals surface area contributed by atoms with E-state index in [1.807, 2.05) is 0 Å². The maximum Gasteiger partial charge on any atom is 0.416 e. The molecule has 0 fully saturated rings. The molecule has 18 nitrogen and oxygen atoms in total. The number of aromatic carboxylic acids is 1. The Morgan fingerprint density at radius 3 is 2.08 bits per heavy atom. The summed E-state index contributed by atoms with van der Waals surface area (Å²) in [4.78, 5) is 75.6. The van der Waals surface area contributed by atoms with Gasteiger partial charge in [-0.25, -0.2) is 33.4 Å². The molecule has 8 N–H and O–H groups in total. The average molecular weight is 927 g/mol. The van der Waals surface area contributed by atoms with Crippen LogP contribution in [0.1, 0.15) is 45.8 Å². The summed E-state index contributed by atoms with van der Waals surface area (Å²) in [6, 6.07) is 10.8. The average Bonchev–Trinajstić information content (AvgIpc) is 3.14. The van der Waals surface area contributed by atoms with Gasteiger partial charge in [-0.05, 0) is 74.5 Å². The van der Waals surface area contributed by atoms with Gasteiger partial charge >= 0.3 is 43.7 Å². The third-order valence-electron chi connectivity index (χ3n) is 6.70. The molecule has 26 heteroatoms. The van der Waals surface area contributed by atoms with Gasteiger partial charge in [-0.1, -0.05) is 23.2 Å². The molecule has 0 saturated heterocycles. The van der Waals surface area contributed by atoms with Crippen molar-refractivity contribution in [2.45, 2.75) is 26.1 Å². The lowest BCUT2D eigenvalue weighted by Gasteiger charge is -2.13. The van der Waals surface area contributed by atoms with Crippen molar-refractivity contribution in [1.29, 1.82) is 0 Å². The molecule has 1 heterocycles. The van der Waals surface area contributed by atoms with E-state index in [4.69, 9.17) is 57.8 Å². The van der Waals surface area contributed by atoms with Gasteiger partial charge in [0.2, 0.25) is 0 Å². The number of rotatable bonds is 13. The molecule has 4 aromatic rings. The van der Waals surface area contributed by atoms with Crippen LogP contribution in [0.4, 0.5) is 32.4 Å². The number of carboxylic acid groups (broad SMARTS) is 3. The number of aliphatic carboxylic acids is 2. The lowest BCUT2D eigenvalue weighted by Crippen LogP contribution is -2.26. The van der Waals surface area contributed by atoms with Gasteiger partial charge in [0.25, 0.3) is 0 Å². The Labute approximate surface area is 350 Å². The number of hydrogen-bond donors (Lipinski definition) is 8. The van der Waals surface area contributed by atoms with Crippen LogP contribution in [0.15, 0.2) is 78.0 Å². The molecule has 1 aromatic heterocycles. The Balaban J connectivity index is 0.000000346. The minimum Gasteiger partial charge on any atom is -0.480 e. The van der Waals surface area contributed by atoms with Crippen molar-refractivity contribution in [3.05, 3.63) is 117 Å². The lowest BCUT2D eigenvalue weighted by molar-refractivity contribution is -0.146. The predicted octanol–water partition coefficient (Wildman–Crippen LogP) is 6.83. The molecular weight excluding hydrogens is 895 g/mol. The number of urea groups is 1. The molecule has 0 aliphatic rings. The molecule has 0 saturated carbocycles. The summed E-state index contributed by atoms with van der Waals surface area (Å²) in [6.07, 6.45) is -5.17. The zero-order chi connectivity index (χ0) is 46.2. The van der Waals surface area contributed by atoms with Crippen molar-refractivity contribution in [1.82, 2.24) is 15.7 Å². The molecule has 328 valence electrons. The number of halogens is 7. The Morgan fingerprint density at radius 1 is 0.902 bits per heavy atom. The summed E-state index contributed by atoms with van der Waals surface area (Å²) in [5.41, 5.74) is 1.04. The zero-order valence-corrected chi connectivity index (χ0v) is 33.3. The fraction of sp³-hybridized carbons (Fsp3) is 0.171. The maximum absolute atomic E-state index is 13.0. The van der Waals surface area contributed by atoms with Crippen molar-refractivity contribution in [2.75, 3.05) is 18.1 Å². The lowest BCUT2D eigenvalue weighted by atomic mass is 10.1. The van der Waals surface area contributed by atoms with Gasteiger partial charge < -0.3 is 39.9 Å². The smallest absolute Gasteiger partial charge is 0.416 e. The first kappa shape index (κ1) is 50.9. The molecule has 0 aliphatic carbocycles. The zero-order valence-electron chi connectivity index (χ0n) is 30.9. The van der Waals surface area contributed by atoms with Gasteiger partial charge in [0.05, 0.1) is 45.3 Å². The van der Waals surface area contributed by atoms with E-state index in [-0.39, 0.29) is 49.8 Å². The van der Waals surface area contributed by atoms with Crippen molar-refractivity contribution in [2.24, 2.45) is 5.10 Å². The summed E-state index contributed by atoms with van der Waals surface area (Å²) in [6.45, 7) is 2.18. The van der Waals surface area contributed by atoms with Gasteiger partial charge in [-0.2, -0.15) is 18.3 Å². The van der Waals surface area contributed by atoms with Crippen LogP contribution in [0.2, 0.25) is 10.0 Å². The molecule has 1 atom stereocenters. The highest BCUT2D eigenvalue weighted by Crippen LogP contribution is 2.37. The number of alkyl halides is 3. The fourth-order valence-electron chi connectivity index (χ4n) is 4.03. The Kier molecular flexibility index (Phi) is 19.2. The van der Waals surface area contributed by atoms with E-state index in [9.17, 15) is 50.5 Å². The molecule has 61 heavy (non-hydrogen) atoms. The number of aromatic nitrogens is 1. The minimum atomic E-state index is -4.56. The van der Waals surface area contributed by atoms with Crippen LogP contribution in [0.3, 0.4) is 0 Å². The second kappa shape index (κ2) is 23.0. The van der Waals surface area contributed by atoms with Gasteiger partial charge in [-0.15, -0.1) is 0 Å². The monoisotopic (exact) mass is 925 g/mol. The van der Waals surface area contributed by atoms with E-state index in [2.05, 4.69) is 26.1 Å². The van der Waals surface area contributed by atoms with E-state index >= 15 is 0 Å². The van der Waals surface area contributed by atoms with Gasteiger partial charge in [0.15, 0.2) is 6.10 Å². The van der Waals surface area contributed by atoms with Crippen LogP contribution in [-0.2, 0) is 25.1 Å². The SMILES string of the molecule is C/C(=N\NC(=O)Nc1cc(F)cc(F)c1)c1ncccc1C(=O)O.C[C@H](OC(=O)c1cc(Oc2ccc(C(F)(F)F)cc2Cl)ccc1Cl)C(=O)O.O=C(O)CNCP(=O)(O)O. The van der Waals surface area contributed by atoms with E-state index in [1.165, 1.54) is 37.4 Å². The molecule has 4 rings (SSSR count). The number of nitrogens with one attached hydrogen (secondary N) is 3. The topological polar surface area (TPSA) is 283 Å². The largest absolute Gasteiger partial charge is 0.480 e. The first-order chi connectivity index (χ1) is 28.3. The Bertz CT molecular complexity index is 2310. The normalized spacial score (nSPS) is 11.7. The number of benzene rings is 3. The number of anilines is 1. The number of hydrogen-bond acceptors (Lipinski definition) is 11. The fourth-order valence-corrected chi connectivity index (χ4v) is 4.85. The molecule has 0 aliphatic heterocycles. The van der Waals surface area contributed by atoms with Crippen LogP contribution in [0.25, 0.3) is 0 Å². The Morgan fingerprint density at radius 2 is 1.54 bits per heavy atom. The van der Waals surface area contributed by atoms with Crippen LogP contribution < -0.4 is 20.8 Å². The number of esters is 1. The number of ether oxygens (including phenoxy) is 2. The standard InChI is InChI=1S/C17H11Cl2F3O5.C15H12F2N4O3.C3H8NO5P/c1-8(15(23)24)26-16(25)11-7-10(3-4-12(11)18)27-14-5-2-9(6-13(14)19)17(20,21)22;1-8(13-12(14(22)23)3-2-4-18-13)20-21-15(24)19-11-6-9(16)5-10(17)7-11;5-3(6)1-4-2-10(7,8)9/h2-8H,1H3,(H,23,24);2-7H,1H3,(H,22,23)(H2,19,21,24);4H,1-2H2,(H,5,6)(H2,7,8,9)/b;20-8+;/t8-;;/m0../s1. The molecule has 3 aromatic carbocycles. The number of amides is 2. The predicted molar refractivity (Wildman–Crippen MR) is 205 cm³/mol. The molecule has 0 unspecified atom stereocenters. The first-order valence-electron chi connectivity index (χ1n) is 16.3. The second-order valence-corrected chi connectivity index (χ2v) is 14.0. The van der Waals surface area contributed by atoms with E-state index in [0.717, 1.165) is 37.3 Å². The highest BCUT2D eigenvalue weighted by atomic mass is 35.5. The van der Waals surface area contributed by atoms with Crippen LogP contribution in [-0.4, -0.2) is 84.6 Å². The number of hydrazone groups is 1. The van der Waals surface area contributed by atoms with Crippen molar-refractivity contribution in [3.63, 3.8) is 0 Å². The van der Waals surface area contributed by atoms with E-state index < -0.39 is 79.8 Å². The minimum absolute atomic E-state index is 0.0246. The number of carbonyl (C=O) groups excluding carboxylic acids is 2. The van der Waals surface area contributed by atoms with Crippen LogP contribution >= 0.6 is 30.8 Å². The van der Waals surface area contributed by atoms with Crippen molar-refractivity contribution in [3.8, 4) is 11.5 Å². The highest BCUT2D eigenvalue weighted by molar-refractivity contribution is 7.51. The molecule has 2 amide bonds. The number of carboxylic acids is 3. The molecule has 0 radical (unpaired) electrons. The number of nitrogens with zero attached hydrogens (tertiary/aromatic N) is 2. The van der Waals surface area contributed by atoms with Crippen LogP contribution in [0.5, 0.6) is 11.5 Å². The third-order valence-corrected chi connectivity index (χ3v) is 7.96. The summed E-state index contributed by atoms with van der Waals surface area (Å²) in [7, 11) is -4.10. The van der Waals surface area contributed by atoms with E-state index in [0.29, 0.717) is 12.1 Å². The number of carbonyl (C=O) groups is 5. The Hall–Kier alpha value is -6.23. The summed E-state index contributed by atoms with van der Waals surface area (Å²) < 4.78 is 84.2. The third kappa shape index (κ3) is 18.3. The summed E-state index contributed by atoms with van der Waals surface area (Å²) >= 11 is 11.7. The van der Waals surface area contributed by atoms with Crippen molar-refractivity contribution >= 4 is 72.1 Å². The second-order valence-electron chi connectivity index (χ2n) is 11.5. The summed E-state index contributed by atoms with van der Waals surface area (Å²) in [5.74, 6) is -6.40. The van der Waals surface area contributed by atoms with E-state index in [1.54, 1.807) is 0 Å². The van der Waals surface area contributed by atoms with Gasteiger partial charge in [-0.3, -0.25) is 19.7 Å².